The van der Waals surface area contributed by atoms with Crippen LogP contribution < -0.4 is 0 Å². The van der Waals surface area contributed by atoms with Crippen LogP contribution in [0, 0.1) is 10.1 Å². The van der Waals surface area contributed by atoms with Gasteiger partial charge >= 0.3 is 11.9 Å². The molecule has 0 fully saturated rings. The molecule has 0 aromatic heterocycles. The van der Waals surface area contributed by atoms with Crippen molar-refractivity contribution in [3.8, 4) is 0 Å². The number of amides is 1. The fourth-order valence-electron chi connectivity index (χ4n) is 1.65. The molecule has 0 saturated carbocycles. The number of non-ortho nitro benzene ring substituents is 1. The van der Waals surface area contributed by atoms with Gasteiger partial charge in [-0.3, -0.25) is 14.9 Å². The van der Waals surface area contributed by atoms with E-state index in [2.05, 4.69) is 4.84 Å². The molecule has 1 amide bonds. The van der Waals surface area contributed by atoms with Crippen LogP contribution in [-0.2, 0) is 21.0 Å². The smallest absolute Gasteiger partial charge is 0.312 e. The van der Waals surface area contributed by atoms with Gasteiger partial charge in [-0.1, -0.05) is 18.2 Å². The van der Waals surface area contributed by atoms with Gasteiger partial charge in [0.25, 0.3) is 5.69 Å². The number of nitro groups is 1. The first-order valence-corrected chi connectivity index (χ1v) is 6.73. The van der Waals surface area contributed by atoms with Crippen molar-refractivity contribution in [1.29, 1.82) is 0 Å². The Morgan fingerprint density at radius 2 is 1.79 bits per heavy atom. The molecule has 0 aliphatic rings. The molecule has 2 rings (SSSR count). The molecular weight excluding hydrogens is 316 g/mol. The van der Waals surface area contributed by atoms with Gasteiger partial charge in [0.05, 0.1) is 7.66 Å². The van der Waals surface area contributed by atoms with E-state index in [0.29, 0.717) is 0 Å². The van der Waals surface area contributed by atoms with Crippen LogP contribution in [0.2, 0.25) is 0 Å². The maximum Gasteiger partial charge on any atom is 0.332 e. The monoisotopic (exact) mass is 332 g/mol. The van der Waals surface area contributed by atoms with E-state index in [4.69, 9.17) is 7.58 Å². The lowest BCUT2D eigenvalue weighted by Gasteiger charge is -2.19. The molecule has 124 valence electrons. The van der Waals surface area contributed by atoms with Crippen LogP contribution in [0.15, 0.2) is 54.6 Å². The molecule has 2 aromatic rings. The normalized spacial score (nSPS) is 11.9. The van der Waals surface area contributed by atoms with Crippen LogP contribution in [0.25, 0.3) is 0 Å². The van der Waals surface area contributed by atoms with Crippen molar-refractivity contribution < 1.29 is 26.9 Å². The standard InChI is InChI=1S/C16H14N2O6/c1-12(19)24-18(16(20)14-5-3-2-4-6-14)23-11-13-7-9-15(10-8-13)17(21)22/h2-10H,11H2,1H3/i11D2. The van der Waals surface area contributed by atoms with Gasteiger partial charge in [0.2, 0.25) is 0 Å². The first-order chi connectivity index (χ1) is 12.2. The topological polar surface area (TPSA) is 99.0 Å². The molecule has 2 aromatic carbocycles. The number of benzene rings is 2. The second kappa shape index (κ2) is 7.84. The lowest BCUT2D eigenvalue weighted by molar-refractivity contribution is -0.384. The lowest BCUT2D eigenvalue weighted by Crippen LogP contribution is -2.33. The highest BCUT2D eigenvalue weighted by Gasteiger charge is 2.20. The molecule has 0 N–H and O–H groups in total. The second-order valence-corrected chi connectivity index (χ2v) is 4.51. The van der Waals surface area contributed by atoms with Crippen molar-refractivity contribution in [2.45, 2.75) is 13.5 Å². The van der Waals surface area contributed by atoms with Crippen molar-refractivity contribution in [3.05, 3.63) is 75.8 Å². The highest BCUT2D eigenvalue weighted by molar-refractivity contribution is 5.93. The zero-order chi connectivity index (χ0) is 19.3. The van der Waals surface area contributed by atoms with Crippen LogP contribution >= 0.6 is 0 Å². The third kappa shape index (κ3) is 4.62. The zero-order valence-electron chi connectivity index (χ0n) is 14.5. The van der Waals surface area contributed by atoms with Gasteiger partial charge in [0.15, 0.2) is 0 Å². The predicted octanol–water partition coefficient (Wildman–Crippen LogP) is 2.65. The number of hydrogen-bond donors (Lipinski definition) is 0. The average Bonchev–Trinajstić information content (AvgIpc) is 2.60. The summed E-state index contributed by atoms with van der Waals surface area (Å²) in [6, 6.07) is 12.1. The Morgan fingerprint density at radius 3 is 2.33 bits per heavy atom. The Bertz CT molecular complexity index is 811. The number of hydroxylamine groups is 2. The zero-order valence-corrected chi connectivity index (χ0v) is 12.5. The summed E-state index contributed by atoms with van der Waals surface area (Å²) in [5.41, 5.74) is -0.240. The molecule has 0 spiro atoms. The SMILES string of the molecule is [2H]C([2H])(ON(OC(C)=O)C(=O)c1ccccc1)c1ccc([N+](=O)[O-])cc1. The van der Waals surface area contributed by atoms with Crippen LogP contribution in [0.1, 0.15) is 25.6 Å². The highest BCUT2D eigenvalue weighted by atomic mass is 17.0. The first kappa shape index (κ1) is 14.3. The minimum atomic E-state index is -2.60. The summed E-state index contributed by atoms with van der Waals surface area (Å²) < 4.78 is 15.9. The number of nitrogens with zero attached hydrogens (tertiary/aromatic N) is 2. The van der Waals surface area contributed by atoms with E-state index in [1.807, 2.05) is 0 Å². The number of carbonyl (C=O) groups excluding carboxylic acids is 2. The van der Waals surface area contributed by atoms with Gasteiger partial charge < -0.3 is 4.84 Å². The molecule has 0 atom stereocenters. The van der Waals surface area contributed by atoms with Gasteiger partial charge in [0.1, 0.15) is 6.56 Å². The van der Waals surface area contributed by atoms with E-state index >= 15 is 0 Å². The Hall–Kier alpha value is -3.26. The van der Waals surface area contributed by atoms with E-state index in [1.54, 1.807) is 18.2 Å². The van der Waals surface area contributed by atoms with Crippen LogP contribution in [0.3, 0.4) is 0 Å². The Kier molecular flexibility index (Phi) is 4.68. The number of rotatable bonds is 5. The summed E-state index contributed by atoms with van der Waals surface area (Å²) >= 11 is 0. The average molecular weight is 332 g/mol. The minimum Gasteiger partial charge on any atom is -0.312 e. The fraction of sp³-hybridized carbons (Fsp3) is 0.125. The van der Waals surface area contributed by atoms with Crippen molar-refractivity contribution in [1.82, 2.24) is 5.23 Å². The lowest BCUT2D eigenvalue weighted by atomic mass is 10.2. The van der Waals surface area contributed by atoms with E-state index < -0.39 is 23.4 Å². The minimum absolute atomic E-state index is 0.105. The third-order valence-electron chi connectivity index (χ3n) is 2.72. The largest absolute Gasteiger partial charge is 0.332 e. The van der Waals surface area contributed by atoms with Crippen molar-refractivity contribution >= 4 is 17.6 Å². The van der Waals surface area contributed by atoms with Crippen LogP contribution in [0.5, 0.6) is 0 Å². The molecule has 8 nitrogen and oxygen atoms in total. The molecule has 0 heterocycles. The third-order valence-corrected chi connectivity index (χ3v) is 2.72. The van der Waals surface area contributed by atoms with E-state index in [0.717, 1.165) is 31.2 Å². The van der Waals surface area contributed by atoms with Crippen molar-refractivity contribution in [3.63, 3.8) is 0 Å². The van der Waals surface area contributed by atoms with Gasteiger partial charge in [-0.15, -0.1) is 0 Å². The number of hydrogen-bond acceptors (Lipinski definition) is 6. The molecule has 8 heteroatoms. The molecule has 0 radical (unpaired) electrons. The molecule has 0 bridgehead atoms. The molecule has 0 unspecified atom stereocenters. The van der Waals surface area contributed by atoms with Crippen LogP contribution in [0.4, 0.5) is 5.69 Å². The summed E-state index contributed by atoms with van der Waals surface area (Å²) in [4.78, 5) is 43.3. The fourth-order valence-corrected chi connectivity index (χ4v) is 1.65. The van der Waals surface area contributed by atoms with Crippen molar-refractivity contribution in [2.75, 3.05) is 0 Å². The second-order valence-electron chi connectivity index (χ2n) is 4.51. The highest BCUT2D eigenvalue weighted by Crippen LogP contribution is 2.14. The molecule has 0 aliphatic heterocycles. The first-order valence-electron chi connectivity index (χ1n) is 7.73. The summed E-state index contributed by atoms with van der Waals surface area (Å²) in [5, 5.41) is 10.8. The Morgan fingerprint density at radius 1 is 1.17 bits per heavy atom. The maximum atomic E-state index is 12.4. The van der Waals surface area contributed by atoms with Gasteiger partial charge in [0, 0.05) is 24.6 Å². The number of nitro benzene ring substituents is 1. The van der Waals surface area contributed by atoms with Gasteiger partial charge in [-0.2, -0.15) is 0 Å². The molecule has 0 saturated heterocycles. The summed E-state index contributed by atoms with van der Waals surface area (Å²) in [7, 11) is 0. The maximum absolute atomic E-state index is 12.4. The summed E-state index contributed by atoms with van der Waals surface area (Å²) in [6.45, 7) is -1.58. The van der Waals surface area contributed by atoms with E-state index in [9.17, 15) is 19.7 Å². The summed E-state index contributed by atoms with van der Waals surface area (Å²) in [6.07, 6.45) is 0. The molecular formula is C16H14N2O6. The van der Waals surface area contributed by atoms with Gasteiger partial charge in [-0.05, 0) is 35.1 Å². The van der Waals surface area contributed by atoms with E-state index in [1.165, 1.54) is 12.1 Å². The van der Waals surface area contributed by atoms with Crippen molar-refractivity contribution in [2.24, 2.45) is 0 Å². The molecule has 0 aliphatic carbocycles. The Labute approximate surface area is 140 Å². The van der Waals surface area contributed by atoms with Crippen LogP contribution in [-0.4, -0.2) is 22.0 Å². The quantitative estimate of drug-likeness (QED) is 0.616. The Balaban J connectivity index is 2.26. The summed E-state index contributed by atoms with van der Waals surface area (Å²) in [5.74, 6) is -1.79. The predicted molar refractivity (Wildman–Crippen MR) is 82.3 cm³/mol. The molecule has 24 heavy (non-hydrogen) atoms. The number of carbonyl (C=O) groups is 2. The van der Waals surface area contributed by atoms with Gasteiger partial charge in [-0.25, -0.2) is 9.63 Å². The van der Waals surface area contributed by atoms with E-state index in [-0.39, 0.29) is 22.0 Å².